The molecule has 1 aromatic heterocycles. The lowest BCUT2D eigenvalue weighted by molar-refractivity contribution is 0.413. The minimum Gasteiger partial charge on any atom is -0.496 e. The molecule has 0 unspecified atom stereocenters. The van der Waals surface area contributed by atoms with Gasteiger partial charge in [0.05, 0.1) is 12.8 Å². The van der Waals surface area contributed by atoms with E-state index in [1.54, 1.807) is 13.2 Å². The molecule has 2 aromatic rings. The molecule has 0 aliphatic heterocycles. The molecule has 0 bridgehead atoms. The number of methoxy groups -OCH3 is 1. The van der Waals surface area contributed by atoms with Crippen LogP contribution < -0.4 is 10.5 Å². The first-order valence-corrected chi connectivity index (χ1v) is 5.78. The second-order valence-corrected chi connectivity index (χ2v) is 4.31. The highest BCUT2D eigenvalue weighted by Gasteiger charge is 2.12. The number of ether oxygens (including phenoxy) is 1. The Labute approximate surface area is 107 Å². The summed E-state index contributed by atoms with van der Waals surface area (Å²) in [5.41, 5.74) is 9.80. The first kappa shape index (κ1) is 12.4. The van der Waals surface area contributed by atoms with Crippen molar-refractivity contribution in [2.24, 2.45) is 0 Å². The smallest absolute Gasteiger partial charge is 0.131 e. The van der Waals surface area contributed by atoms with Crippen molar-refractivity contribution in [3.8, 4) is 17.0 Å². The second kappa shape index (κ2) is 4.64. The van der Waals surface area contributed by atoms with Crippen LogP contribution in [0.15, 0.2) is 18.2 Å². The summed E-state index contributed by atoms with van der Waals surface area (Å²) in [5, 5.41) is 0. The molecule has 0 aliphatic rings. The number of anilines is 1. The third kappa shape index (κ3) is 2.14. The normalized spacial score (nSPS) is 10.4. The number of nitrogen functional groups attached to an aromatic ring is 1. The monoisotopic (exact) mass is 243 g/mol. The topological polar surface area (TPSA) is 61.0 Å². The van der Waals surface area contributed by atoms with Crippen molar-refractivity contribution in [3.05, 3.63) is 35.2 Å². The van der Waals surface area contributed by atoms with Gasteiger partial charge in [0, 0.05) is 11.6 Å². The van der Waals surface area contributed by atoms with Crippen LogP contribution in [0.5, 0.6) is 5.75 Å². The number of rotatable bonds is 2. The van der Waals surface area contributed by atoms with Crippen LogP contribution in [0.3, 0.4) is 0 Å². The predicted octanol–water partition coefficient (Wildman–Crippen LogP) is 2.66. The quantitative estimate of drug-likeness (QED) is 0.880. The molecule has 0 saturated heterocycles. The maximum atomic E-state index is 5.76. The Morgan fingerprint density at radius 3 is 2.44 bits per heavy atom. The van der Waals surface area contributed by atoms with Crippen molar-refractivity contribution >= 4 is 5.82 Å². The van der Waals surface area contributed by atoms with Gasteiger partial charge in [-0.05, 0) is 38.0 Å². The Kier molecular flexibility index (Phi) is 3.19. The lowest BCUT2D eigenvalue weighted by Crippen LogP contribution is -2.00. The van der Waals surface area contributed by atoms with Gasteiger partial charge in [0.2, 0.25) is 0 Å². The molecule has 4 nitrogen and oxygen atoms in total. The molecule has 0 spiro atoms. The average molecular weight is 243 g/mol. The molecule has 0 saturated carbocycles. The lowest BCUT2D eigenvalue weighted by Gasteiger charge is -2.13. The Hall–Kier alpha value is -2.10. The summed E-state index contributed by atoms with van der Waals surface area (Å²) in [7, 11) is 1.67. The van der Waals surface area contributed by atoms with Gasteiger partial charge in [-0.3, -0.25) is 0 Å². The van der Waals surface area contributed by atoms with Gasteiger partial charge in [-0.2, -0.15) is 0 Å². The number of nitrogens with two attached hydrogens (primary N) is 1. The van der Waals surface area contributed by atoms with Crippen LogP contribution in [0, 0.1) is 20.8 Å². The maximum Gasteiger partial charge on any atom is 0.131 e. The van der Waals surface area contributed by atoms with Gasteiger partial charge in [0.25, 0.3) is 0 Å². The summed E-state index contributed by atoms with van der Waals surface area (Å²) in [6.45, 7) is 5.92. The Balaban J connectivity index is 2.67. The highest BCUT2D eigenvalue weighted by Crippen LogP contribution is 2.33. The number of aryl methyl sites for hydroxylation is 2. The fourth-order valence-corrected chi connectivity index (χ4v) is 1.98. The van der Waals surface area contributed by atoms with Crippen molar-refractivity contribution in [3.63, 3.8) is 0 Å². The van der Waals surface area contributed by atoms with Gasteiger partial charge < -0.3 is 10.5 Å². The number of hydrogen-bond acceptors (Lipinski definition) is 4. The number of benzene rings is 1. The number of nitrogens with zero attached hydrogens (tertiary/aromatic N) is 2. The molecule has 4 heteroatoms. The van der Waals surface area contributed by atoms with Crippen molar-refractivity contribution in [1.29, 1.82) is 0 Å². The Bertz CT molecular complexity index is 574. The van der Waals surface area contributed by atoms with E-state index < -0.39 is 0 Å². The van der Waals surface area contributed by atoms with E-state index in [-0.39, 0.29) is 0 Å². The zero-order valence-electron chi connectivity index (χ0n) is 11.1. The van der Waals surface area contributed by atoms with Crippen LogP contribution in [0.4, 0.5) is 5.82 Å². The standard InChI is InChI=1S/C14H17N3O/c1-8-5-6-11(14(18-4)9(8)2)12-7-13(15)17-10(3)16-12/h5-7H,1-4H3,(H2,15,16,17). The summed E-state index contributed by atoms with van der Waals surface area (Å²) in [6, 6.07) is 5.82. The summed E-state index contributed by atoms with van der Waals surface area (Å²) in [6.07, 6.45) is 0. The third-order valence-corrected chi connectivity index (χ3v) is 3.01. The molecule has 0 aliphatic carbocycles. The molecule has 18 heavy (non-hydrogen) atoms. The van der Waals surface area contributed by atoms with E-state index in [4.69, 9.17) is 10.5 Å². The van der Waals surface area contributed by atoms with Crippen LogP contribution >= 0.6 is 0 Å². The van der Waals surface area contributed by atoms with Gasteiger partial charge in [-0.25, -0.2) is 9.97 Å². The lowest BCUT2D eigenvalue weighted by atomic mass is 10.0. The number of hydrogen-bond donors (Lipinski definition) is 1. The molecule has 0 fully saturated rings. The molecule has 0 atom stereocenters. The van der Waals surface area contributed by atoms with Gasteiger partial charge in [0.15, 0.2) is 0 Å². The molecule has 0 radical (unpaired) electrons. The SMILES string of the molecule is COc1c(-c2cc(N)nc(C)n2)ccc(C)c1C. The third-order valence-electron chi connectivity index (χ3n) is 3.01. The van der Waals surface area contributed by atoms with Crippen molar-refractivity contribution < 1.29 is 4.74 Å². The summed E-state index contributed by atoms with van der Waals surface area (Å²) >= 11 is 0. The van der Waals surface area contributed by atoms with E-state index in [2.05, 4.69) is 23.0 Å². The van der Waals surface area contributed by atoms with Gasteiger partial charge in [0.1, 0.15) is 17.4 Å². The molecular weight excluding hydrogens is 226 g/mol. The molecule has 2 rings (SSSR count). The van der Waals surface area contributed by atoms with Gasteiger partial charge >= 0.3 is 0 Å². The van der Waals surface area contributed by atoms with Crippen LogP contribution in [0.2, 0.25) is 0 Å². The van der Waals surface area contributed by atoms with E-state index in [9.17, 15) is 0 Å². The van der Waals surface area contributed by atoms with Gasteiger partial charge in [-0.1, -0.05) is 6.07 Å². The van der Waals surface area contributed by atoms with Crippen LogP contribution in [-0.4, -0.2) is 17.1 Å². The second-order valence-electron chi connectivity index (χ2n) is 4.31. The number of aromatic nitrogens is 2. The van der Waals surface area contributed by atoms with Crippen LogP contribution in [0.1, 0.15) is 17.0 Å². The predicted molar refractivity (Wildman–Crippen MR) is 72.6 cm³/mol. The summed E-state index contributed by atoms with van der Waals surface area (Å²) < 4.78 is 5.49. The maximum absolute atomic E-state index is 5.76. The minimum absolute atomic E-state index is 0.470. The minimum atomic E-state index is 0.470. The van der Waals surface area contributed by atoms with E-state index in [1.807, 2.05) is 19.9 Å². The average Bonchev–Trinajstić information content (AvgIpc) is 2.31. The molecular formula is C14H17N3O. The molecule has 0 amide bonds. The van der Waals surface area contributed by atoms with Crippen molar-refractivity contribution in [2.45, 2.75) is 20.8 Å². The van der Waals surface area contributed by atoms with Crippen LogP contribution in [-0.2, 0) is 0 Å². The van der Waals surface area contributed by atoms with Gasteiger partial charge in [-0.15, -0.1) is 0 Å². The zero-order chi connectivity index (χ0) is 13.3. The van der Waals surface area contributed by atoms with E-state index >= 15 is 0 Å². The zero-order valence-corrected chi connectivity index (χ0v) is 11.1. The van der Waals surface area contributed by atoms with E-state index in [0.29, 0.717) is 11.6 Å². The highest BCUT2D eigenvalue weighted by atomic mass is 16.5. The van der Waals surface area contributed by atoms with Crippen molar-refractivity contribution in [2.75, 3.05) is 12.8 Å². The fourth-order valence-electron chi connectivity index (χ4n) is 1.98. The molecule has 1 aromatic carbocycles. The first-order valence-electron chi connectivity index (χ1n) is 5.78. The summed E-state index contributed by atoms with van der Waals surface area (Å²) in [4.78, 5) is 8.49. The highest BCUT2D eigenvalue weighted by molar-refractivity contribution is 5.71. The largest absolute Gasteiger partial charge is 0.496 e. The molecule has 1 heterocycles. The fraction of sp³-hybridized carbons (Fsp3) is 0.286. The van der Waals surface area contributed by atoms with E-state index in [1.165, 1.54) is 5.56 Å². The Morgan fingerprint density at radius 1 is 1.11 bits per heavy atom. The summed E-state index contributed by atoms with van der Waals surface area (Å²) in [5.74, 6) is 1.97. The molecule has 2 N–H and O–H groups in total. The van der Waals surface area contributed by atoms with Crippen molar-refractivity contribution in [1.82, 2.24) is 9.97 Å². The molecule has 94 valence electrons. The first-order chi connectivity index (χ1) is 8.52. The van der Waals surface area contributed by atoms with E-state index in [0.717, 1.165) is 22.6 Å². The van der Waals surface area contributed by atoms with Crippen LogP contribution in [0.25, 0.3) is 11.3 Å². The Morgan fingerprint density at radius 2 is 1.83 bits per heavy atom.